The predicted octanol–water partition coefficient (Wildman–Crippen LogP) is 1.19. The third-order valence-electron chi connectivity index (χ3n) is 3.14. The lowest BCUT2D eigenvalue weighted by atomic mass is 10.1. The summed E-state index contributed by atoms with van der Waals surface area (Å²) in [5, 5.41) is 12.1. The van der Waals surface area contributed by atoms with Crippen LogP contribution in [0.4, 0.5) is 5.69 Å². The molecule has 6 nitrogen and oxygen atoms in total. The van der Waals surface area contributed by atoms with Gasteiger partial charge in [0.15, 0.2) is 6.10 Å². The van der Waals surface area contributed by atoms with Crippen LogP contribution >= 0.6 is 0 Å². The van der Waals surface area contributed by atoms with Crippen molar-refractivity contribution in [2.45, 2.75) is 20.0 Å². The molecule has 0 saturated carbocycles. The number of carbonyl (C=O) groups is 1. The number of amides is 1. The summed E-state index contributed by atoms with van der Waals surface area (Å²) in [4.78, 5) is 18.4. The summed E-state index contributed by atoms with van der Waals surface area (Å²) in [6, 6.07) is 3.90. The molecule has 6 heteroatoms. The lowest BCUT2D eigenvalue weighted by molar-refractivity contribution is 0.00349. The van der Waals surface area contributed by atoms with Crippen LogP contribution in [0.15, 0.2) is 12.3 Å². The minimum absolute atomic E-state index is 0.114. The van der Waals surface area contributed by atoms with Crippen molar-refractivity contribution >= 4 is 11.6 Å². The number of pyridine rings is 1. The molecule has 1 aromatic heterocycles. The van der Waals surface area contributed by atoms with Crippen molar-refractivity contribution < 1.29 is 9.53 Å². The molecule has 0 radical (unpaired) electrons. The van der Waals surface area contributed by atoms with Crippen molar-refractivity contribution in [2.75, 3.05) is 31.6 Å². The molecule has 1 atom stereocenters. The minimum atomic E-state index is -0.548. The van der Waals surface area contributed by atoms with Gasteiger partial charge in [-0.05, 0) is 19.9 Å². The highest BCUT2D eigenvalue weighted by atomic mass is 16.5. The third-order valence-corrected chi connectivity index (χ3v) is 3.14. The van der Waals surface area contributed by atoms with E-state index < -0.39 is 6.10 Å². The molecule has 0 bridgehead atoms. The largest absolute Gasteiger partial charge is 0.385 e. The zero-order chi connectivity index (χ0) is 14.5. The number of aromatic nitrogens is 1. The summed E-state index contributed by atoms with van der Waals surface area (Å²) in [7, 11) is 0. The maximum Gasteiger partial charge on any atom is 0.257 e. The van der Waals surface area contributed by atoms with Gasteiger partial charge < -0.3 is 15.0 Å². The summed E-state index contributed by atoms with van der Waals surface area (Å²) in [5.74, 6) is -0.114. The lowest BCUT2D eigenvalue weighted by Crippen LogP contribution is -2.45. The molecule has 2 heterocycles. The predicted molar refractivity (Wildman–Crippen MR) is 74.4 cm³/mol. The number of morpholine rings is 1. The summed E-state index contributed by atoms with van der Waals surface area (Å²) in [5.41, 5.74) is 2.18. The van der Waals surface area contributed by atoms with Gasteiger partial charge in [0.05, 0.1) is 30.5 Å². The maximum absolute atomic E-state index is 12.5. The van der Waals surface area contributed by atoms with Gasteiger partial charge in [-0.25, -0.2) is 0 Å². The number of anilines is 1. The first-order chi connectivity index (χ1) is 9.65. The molecule has 1 amide bonds. The van der Waals surface area contributed by atoms with E-state index in [0.717, 1.165) is 17.9 Å². The number of hydrogen-bond donors (Lipinski definition) is 1. The second-order valence-electron chi connectivity index (χ2n) is 4.64. The first-order valence-electron chi connectivity index (χ1n) is 6.66. The molecule has 1 aromatic rings. The Morgan fingerprint density at radius 2 is 2.50 bits per heavy atom. The topological polar surface area (TPSA) is 78.2 Å². The second-order valence-corrected chi connectivity index (χ2v) is 4.64. The molecule has 1 unspecified atom stereocenters. The van der Waals surface area contributed by atoms with Crippen molar-refractivity contribution in [3.05, 3.63) is 23.5 Å². The number of nitrogens with zero attached hydrogens (tertiary/aromatic N) is 3. The molecule has 1 N–H and O–H groups in total. The van der Waals surface area contributed by atoms with E-state index in [-0.39, 0.29) is 5.91 Å². The van der Waals surface area contributed by atoms with Gasteiger partial charge in [0.2, 0.25) is 0 Å². The highest BCUT2D eigenvalue weighted by Crippen LogP contribution is 2.19. The Hall–Kier alpha value is -2.13. The monoisotopic (exact) mass is 274 g/mol. The summed E-state index contributed by atoms with van der Waals surface area (Å²) >= 11 is 0. The molecule has 2 rings (SSSR count). The van der Waals surface area contributed by atoms with Gasteiger partial charge in [0, 0.05) is 25.0 Å². The first kappa shape index (κ1) is 14.3. The van der Waals surface area contributed by atoms with E-state index in [1.165, 1.54) is 0 Å². The normalized spacial score (nSPS) is 18.4. The highest BCUT2D eigenvalue weighted by molar-refractivity contribution is 5.99. The molecule has 1 aliphatic rings. The van der Waals surface area contributed by atoms with Gasteiger partial charge in [-0.15, -0.1) is 0 Å². The van der Waals surface area contributed by atoms with Crippen molar-refractivity contribution in [1.29, 1.82) is 5.26 Å². The van der Waals surface area contributed by atoms with Crippen molar-refractivity contribution in [1.82, 2.24) is 9.88 Å². The minimum Gasteiger partial charge on any atom is -0.385 e. The SMILES string of the molecule is CCNc1cc(C)ncc1C(=O)N1CCOC(C#N)C1. The van der Waals surface area contributed by atoms with E-state index in [4.69, 9.17) is 10.00 Å². The fourth-order valence-electron chi connectivity index (χ4n) is 2.15. The van der Waals surface area contributed by atoms with Crippen molar-refractivity contribution in [3.63, 3.8) is 0 Å². The van der Waals surface area contributed by atoms with Crippen LogP contribution in [0.1, 0.15) is 23.0 Å². The number of nitriles is 1. The van der Waals surface area contributed by atoms with Crippen LogP contribution in [0.2, 0.25) is 0 Å². The van der Waals surface area contributed by atoms with E-state index in [1.807, 2.05) is 26.0 Å². The van der Waals surface area contributed by atoms with Gasteiger partial charge in [-0.3, -0.25) is 9.78 Å². The molecular formula is C14H18N4O2. The van der Waals surface area contributed by atoms with Gasteiger partial charge >= 0.3 is 0 Å². The Morgan fingerprint density at radius 3 is 3.20 bits per heavy atom. The fraction of sp³-hybridized carbons (Fsp3) is 0.500. The van der Waals surface area contributed by atoms with Crippen LogP contribution in [-0.4, -0.2) is 48.1 Å². The Bertz CT molecular complexity index is 538. The Morgan fingerprint density at radius 1 is 1.70 bits per heavy atom. The molecular weight excluding hydrogens is 256 g/mol. The Balaban J connectivity index is 2.22. The van der Waals surface area contributed by atoms with E-state index >= 15 is 0 Å². The molecule has 0 spiro atoms. The molecule has 1 fully saturated rings. The molecule has 106 valence electrons. The van der Waals surface area contributed by atoms with E-state index in [0.29, 0.717) is 25.3 Å². The van der Waals surface area contributed by atoms with Crippen LogP contribution in [-0.2, 0) is 4.74 Å². The number of nitrogens with one attached hydrogen (secondary N) is 1. The van der Waals surface area contributed by atoms with Crippen LogP contribution in [0.25, 0.3) is 0 Å². The van der Waals surface area contributed by atoms with Crippen LogP contribution < -0.4 is 5.32 Å². The number of aryl methyl sites for hydroxylation is 1. The van der Waals surface area contributed by atoms with Gasteiger partial charge in [0.1, 0.15) is 0 Å². The first-order valence-corrected chi connectivity index (χ1v) is 6.66. The average molecular weight is 274 g/mol. The summed E-state index contributed by atoms with van der Waals surface area (Å²) in [6.45, 7) is 5.78. The smallest absolute Gasteiger partial charge is 0.257 e. The van der Waals surface area contributed by atoms with E-state index in [9.17, 15) is 4.79 Å². The van der Waals surface area contributed by atoms with E-state index in [2.05, 4.69) is 10.3 Å². The van der Waals surface area contributed by atoms with Crippen molar-refractivity contribution in [2.24, 2.45) is 0 Å². The summed E-state index contributed by atoms with van der Waals surface area (Å²) in [6.07, 6.45) is 1.04. The zero-order valence-corrected chi connectivity index (χ0v) is 11.7. The number of rotatable bonds is 3. The quantitative estimate of drug-likeness (QED) is 0.895. The molecule has 1 saturated heterocycles. The van der Waals surface area contributed by atoms with Crippen LogP contribution in [0, 0.1) is 18.3 Å². The number of carbonyl (C=O) groups excluding carboxylic acids is 1. The summed E-state index contributed by atoms with van der Waals surface area (Å²) < 4.78 is 5.25. The number of hydrogen-bond acceptors (Lipinski definition) is 5. The van der Waals surface area contributed by atoms with Gasteiger partial charge in [0.25, 0.3) is 5.91 Å². The highest BCUT2D eigenvalue weighted by Gasteiger charge is 2.26. The standard InChI is InChI=1S/C14H18N4O2/c1-3-16-13-6-10(2)17-8-12(13)14(19)18-4-5-20-11(7-15)9-18/h6,8,11H,3-5,9H2,1-2H3,(H,16,17). The third kappa shape index (κ3) is 3.06. The lowest BCUT2D eigenvalue weighted by Gasteiger charge is -2.30. The Kier molecular flexibility index (Phi) is 4.53. The zero-order valence-electron chi connectivity index (χ0n) is 11.7. The van der Waals surface area contributed by atoms with Crippen molar-refractivity contribution in [3.8, 4) is 6.07 Å². The van der Waals surface area contributed by atoms with E-state index in [1.54, 1.807) is 11.1 Å². The second kappa shape index (κ2) is 6.35. The fourth-order valence-corrected chi connectivity index (χ4v) is 2.15. The molecule has 0 aliphatic carbocycles. The maximum atomic E-state index is 12.5. The van der Waals surface area contributed by atoms with Gasteiger partial charge in [-0.2, -0.15) is 5.26 Å². The van der Waals surface area contributed by atoms with Crippen LogP contribution in [0.5, 0.6) is 0 Å². The molecule has 0 aromatic carbocycles. The van der Waals surface area contributed by atoms with Crippen LogP contribution in [0.3, 0.4) is 0 Å². The molecule has 20 heavy (non-hydrogen) atoms. The van der Waals surface area contributed by atoms with Gasteiger partial charge in [-0.1, -0.05) is 0 Å². The Labute approximate surface area is 118 Å². The molecule has 1 aliphatic heterocycles. The average Bonchev–Trinajstić information content (AvgIpc) is 2.47. The number of ether oxygens (including phenoxy) is 1.